The molecule has 0 atom stereocenters. The molecular formula is C21H24Cl2N4O. The average molecular weight is 419 g/mol. The monoisotopic (exact) mass is 418 g/mol. The Labute approximate surface area is 175 Å². The van der Waals surface area contributed by atoms with E-state index in [-0.39, 0.29) is 22.0 Å². The van der Waals surface area contributed by atoms with E-state index < -0.39 is 0 Å². The number of carbonyl (C=O) groups excluding carboxylic acids is 1. The molecule has 2 aliphatic rings. The van der Waals surface area contributed by atoms with E-state index in [0.717, 1.165) is 56.6 Å². The first kappa shape index (κ1) is 19.5. The normalized spacial score (nSPS) is 18.4. The lowest BCUT2D eigenvalue weighted by Gasteiger charge is -2.30. The fourth-order valence-electron chi connectivity index (χ4n) is 4.34. The van der Waals surface area contributed by atoms with Crippen molar-refractivity contribution in [2.24, 2.45) is 0 Å². The van der Waals surface area contributed by atoms with Gasteiger partial charge < -0.3 is 10.2 Å². The number of hydrogen-bond acceptors (Lipinski definition) is 4. The lowest BCUT2D eigenvalue weighted by atomic mass is 9.79. The van der Waals surface area contributed by atoms with Crippen molar-refractivity contribution in [1.29, 1.82) is 0 Å². The number of aromatic nitrogens is 2. The molecule has 0 unspecified atom stereocenters. The Morgan fingerprint density at radius 1 is 1.07 bits per heavy atom. The number of nitrogens with zero attached hydrogens (tertiary/aromatic N) is 3. The third kappa shape index (κ3) is 3.96. The Bertz CT molecular complexity index is 844. The van der Waals surface area contributed by atoms with Crippen LogP contribution in [-0.2, 0) is 5.41 Å². The number of halogens is 2. The Morgan fingerprint density at radius 2 is 1.75 bits per heavy atom. The molecule has 1 saturated carbocycles. The van der Waals surface area contributed by atoms with Crippen molar-refractivity contribution in [1.82, 2.24) is 15.3 Å². The van der Waals surface area contributed by atoms with Crippen molar-refractivity contribution < 1.29 is 4.79 Å². The number of nitrogens with one attached hydrogen (secondary N) is 1. The van der Waals surface area contributed by atoms with Gasteiger partial charge in [0.05, 0.1) is 11.2 Å². The lowest BCUT2D eigenvalue weighted by molar-refractivity contribution is 0.0938. The minimum Gasteiger partial charge on any atom is -0.350 e. The minimum atomic E-state index is -0.243. The summed E-state index contributed by atoms with van der Waals surface area (Å²) in [5.74, 6) is 0.341. The first-order chi connectivity index (χ1) is 13.6. The van der Waals surface area contributed by atoms with Gasteiger partial charge in [0.15, 0.2) is 5.69 Å². The third-order valence-corrected chi connectivity index (χ3v) is 6.47. The molecule has 4 rings (SSSR count). The highest BCUT2D eigenvalue weighted by molar-refractivity contribution is 6.33. The minimum absolute atomic E-state index is 0.0580. The fraction of sp³-hybridized carbons (Fsp3) is 0.476. The van der Waals surface area contributed by atoms with E-state index >= 15 is 0 Å². The van der Waals surface area contributed by atoms with Crippen LogP contribution in [0.1, 0.15) is 54.6 Å². The molecule has 1 saturated heterocycles. The Kier molecular flexibility index (Phi) is 5.74. The number of amides is 1. The maximum atomic E-state index is 12.9. The van der Waals surface area contributed by atoms with E-state index in [0.29, 0.717) is 12.5 Å². The number of hydrogen-bond donors (Lipinski definition) is 1. The topological polar surface area (TPSA) is 58.1 Å². The summed E-state index contributed by atoms with van der Waals surface area (Å²) in [6.07, 6.45) is 8.19. The second-order valence-electron chi connectivity index (χ2n) is 7.74. The second kappa shape index (κ2) is 8.26. The Balaban J connectivity index is 1.51. The SMILES string of the molecule is O=C(NCC1(c2ccc(Cl)cc2)CCCC1)c1nc(N2CCCC2)ncc1Cl. The molecule has 0 bridgehead atoms. The predicted molar refractivity (Wildman–Crippen MR) is 112 cm³/mol. The summed E-state index contributed by atoms with van der Waals surface area (Å²) in [6.45, 7) is 2.40. The second-order valence-corrected chi connectivity index (χ2v) is 8.58. The Hall–Kier alpha value is -1.85. The summed E-state index contributed by atoms with van der Waals surface area (Å²) in [6, 6.07) is 7.98. The van der Waals surface area contributed by atoms with Gasteiger partial charge in [0.1, 0.15) is 0 Å². The molecule has 2 heterocycles. The van der Waals surface area contributed by atoms with Gasteiger partial charge in [0.25, 0.3) is 5.91 Å². The van der Waals surface area contributed by atoms with Crippen LogP contribution in [0.3, 0.4) is 0 Å². The largest absolute Gasteiger partial charge is 0.350 e. The number of rotatable bonds is 5. The molecule has 1 aliphatic carbocycles. The molecule has 0 radical (unpaired) electrons. The summed E-state index contributed by atoms with van der Waals surface area (Å²) in [4.78, 5) is 23.7. The van der Waals surface area contributed by atoms with Crippen LogP contribution in [0.15, 0.2) is 30.5 Å². The highest BCUT2D eigenvalue weighted by atomic mass is 35.5. The molecule has 7 heteroatoms. The van der Waals surface area contributed by atoms with Crippen molar-refractivity contribution in [2.45, 2.75) is 43.9 Å². The van der Waals surface area contributed by atoms with Crippen molar-refractivity contribution in [2.75, 3.05) is 24.5 Å². The van der Waals surface area contributed by atoms with Gasteiger partial charge in [-0.3, -0.25) is 4.79 Å². The number of anilines is 1. The molecule has 0 spiro atoms. The molecule has 1 amide bonds. The molecule has 2 fully saturated rings. The van der Waals surface area contributed by atoms with Gasteiger partial charge >= 0.3 is 0 Å². The average Bonchev–Trinajstić information content (AvgIpc) is 3.40. The van der Waals surface area contributed by atoms with Crippen LogP contribution in [0.25, 0.3) is 0 Å². The first-order valence-electron chi connectivity index (χ1n) is 9.89. The summed E-state index contributed by atoms with van der Waals surface area (Å²) in [5, 5.41) is 4.10. The zero-order chi connectivity index (χ0) is 19.6. The summed E-state index contributed by atoms with van der Waals surface area (Å²) in [5.41, 5.74) is 1.42. The number of carbonyl (C=O) groups is 1. The first-order valence-corrected chi connectivity index (χ1v) is 10.6. The van der Waals surface area contributed by atoms with E-state index in [1.54, 1.807) is 0 Å². The maximum absolute atomic E-state index is 12.9. The molecule has 28 heavy (non-hydrogen) atoms. The Morgan fingerprint density at radius 3 is 2.43 bits per heavy atom. The van der Waals surface area contributed by atoms with E-state index in [1.165, 1.54) is 11.8 Å². The van der Waals surface area contributed by atoms with Gasteiger partial charge in [0, 0.05) is 30.1 Å². The molecular weight excluding hydrogens is 395 g/mol. The zero-order valence-corrected chi connectivity index (χ0v) is 17.3. The van der Waals surface area contributed by atoms with Gasteiger partial charge in [-0.05, 0) is 43.4 Å². The van der Waals surface area contributed by atoms with Crippen LogP contribution in [0.2, 0.25) is 10.0 Å². The van der Waals surface area contributed by atoms with Crippen LogP contribution in [0.4, 0.5) is 5.95 Å². The van der Waals surface area contributed by atoms with Gasteiger partial charge in [-0.1, -0.05) is 48.2 Å². The summed E-state index contributed by atoms with van der Waals surface area (Å²) in [7, 11) is 0. The zero-order valence-electron chi connectivity index (χ0n) is 15.8. The molecule has 1 N–H and O–H groups in total. The maximum Gasteiger partial charge on any atom is 0.271 e. The fourth-order valence-corrected chi connectivity index (χ4v) is 4.65. The summed E-state index contributed by atoms with van der Waals surface area (Å²) >= 11 is 12.3. The quantitative estimate of drug-likeness (QED) is 0.768. The van der Waals surface area contributed by atoms with Crippen molar-refractivity contribution >= 4 is 35.1 Å². The van der Waals surface area contributed by atoms with Crippen LogP contribution in [-0.4, -0.2) is 35.5 Å². The molecule has 5 nitrogen and oxygen atoms in total. The van der Waals surface area contributed by atoms with E-state index in [1.807, 2.05) is 12.1 Å². The molecule has 1 aromatic carbocycles. The highest BCUT2D eigenvalue weighted by Gasteiger charge is 2.36. The van der Waals surface area contributed by atoms with E-state index in [9.17, 15) is 4.79 Å². The van der Waals surface area contributed by atoms with E-state index in [4.69, 9.17) is 23.2 Å². The standard InChI is InChI=1S/C21H24Cl2N4O/c22-16-7-5-15(6-8-16)21(9-1-2-10-21)14-25-19(28)18-17(23)13-24-20(26-18)27-11-3-4-12-27/h5-8,13H,1-4,9-12,14H2,(H,25,28). The van der Waals surface area contributed by atoms with Crippen molar-refractivity contribution in [3.63, 3.8) is 0 Å². The predicted octanol–water partition coefficient (Wildman–Crippen LogP) is 4.63. The lowest BCUT2D eigenvalue weighted by Crippen LogP contribution is -2.39. The molecule has 148 valence electrons. The van der Waals surface area contributed by atoms with Gasteiger partial charge in [-0.15, -0.1) is 0 Å². The van der Waals surface area contributed by atoms with Crippen LogP contribution in [0, 0.1) is 0 Å². The highest BCUT2D eigenvalue weighted by Crippen LogP contribution is 2.41. The third-order valence-electron chi connectivity index (χ3n) is 5.94. The molecule has 1 aromatic heterocycles. The van der Waals surface area contributed by atoms with Gasteiger partial charge in [-0.25, -0.2) is 9.97 Å². The van der Waals surface area contributed by atoms with Crippen LogP contribution >= 0.6 is 23.2 Å². The van der Waals surface area contributed by atoms with E-state index in [2.05, 4.69) is 32.3 Å². The molecule has 2 aromatic rings. The van der Waals surface area contributed by atoms with Crippen LogP contribution in [0.5, 0.6) is 0 Å². The van der Waals surface area contributed by atoms with Crippen molar-refractivity contribution in [3.8, 4) is 0 Å². The van der Waals surface area contributed by atoms with Crippen molar-refractivity contribution in [3.05, 3.63) is 51.8 Å². The van der Waals surface area contributed by atoms with Gasteiger partial charge in [-0.2, -0.15) is 0 Å². The van der Waals surface area contributed by atoms with Crippen LogP contribution < -0.4 is 10.2 Å². The number of benzene rings is 1. The molecule has 1 aliphatic heterocycles. The van der Waals surface area contributed by atoms with Gasteiger partial charge in [0.2, 0.25) is 5.95 Å². The summed E-state index contributed by atoms with van der Waals surface area (Å²) < 4.78 is 0. The smallest absolute Gasteiger partial charge is 0.271 e.